The summed E-state index contributed by atoms with van der Waals surface area (Å²) in [6.45, 7) is 1.89. The Labute approximate surface area is 112 Å². The van der Waals surface area contributed by atoms with Gasteiger partial charge in [0.1, 0.15) is 5.75 Å². The molecule has 0 amide bonds. The molecule has 0 aromatic heterocycles. The van der Waals surface area contributed by atoms with Gasteiger partial charge in [0, 0.05) is 5.69 Å². The van der Waals surface area contributed by atoms with Crippen LogP contribution in [0.3, 0.4) is 0 Å². The average Bonchev–Trinajstić information content (AvgIpc) is 2.34. The highest BCUT2D eigenvalue weighted by atomic mass is 32.2. The second-order valence-corrected chi connectivity index (χ2v) is 6.44. The average molecular weight is 277 g/mol. The van der Waals surface area contributed by atoms with Crippen LogP contribution >= 0.6 is 0 Å². The van der Waals surface area contributed by atoms with Crippen LogP contribution in [0.4, 0.5) is 5.69 Å². The number of phenols is 1. The molecule has 0 spiro atoms. The molecule has 19 heavy (non-hydrogen) atoms. The van der Waals surface area contributed by atoms with Crippen LogP contribution in [-0.4, -0.2) is 13.5 Å². The summed E-state index contributed by atoms with van der Waals surface area (Å²) in [5.41, 5.74) is 7.48. The monoisotopic (exact) mass is 277 g/mol. The highest BCUT2D eigenvalue weighted by molar-refractivity contribution is 7.90. The largest absolute Gasteiger partial charge is 0.508 e. The minimum absolute atomic E-state index is 0.00306. The van der Waals surface area contributed by atoms with Gasteiger partial charge in [-0.1, -0.05) is 17.7 Å². The molecular formula is C14H15NO3S. The number of anilines is 1. The number of phenolic OH excluding ortho intramolecular Hbond substituents is 1. The summed E-state index contributed by atoms with van der Waals surface area (Å²) in [4.78, 5) is 0.251. The van der Waals surface area contributed by atoms with Gasteiger partial charge in [-0.15, -0.1) is 0 Å². The van der Waals surface area contributed by atoms with Gasteiger partial charge in [0.15, 0.2) is 9.84 Å². The lowest BCUT2D eigenvalue weighted by molar-refractivity contribution is 0.475. The molecule has 0 atom stereocenters. The van der Waals surface area contributed by atoms with Gasteiger partial charge >= 0.3 is 0 Å². The predicted octanol–water partition coefficient (Wildman–Crippen LogP) is 2.26. The first-order valence-electron chi connectivity index (χ1n) is 5.75. The Morgan fingerprint density at radius 2 is 1.74 bits per heavy atom. The molecule has 100 valence electrons. The van der Waals surface area contributed by atoms with E-state index in [0.29, 0.717) is 11.3 Å². The number of hydrogen-bond donors (Lipinski definition) is 2. The third kappa shape index (κ3) is 3.06. The Morgan fingerprint density at radius 3 is 2.37 bits per heavy atom. The minimum atomic E-state index is -3.46. The molecule has 2 rings (SSSR count). The van der Waals surface area contributed by atoms with E-state index in [9.17, 15) is 13.5 Å². The zero-order chi connectivity index (χ0) is 14.0. The molecule has 0 radical (unpaired) electrons. The summed E-state index contributed by atoms with van der Waals surface area (Å²) >= 11 is 0. The van der Waals surface area contributed by atoms with Crippen LogP contribution in [0.15, 0.2) is 47.4 Å². The molecule has 2 aromatic rings. The summed E-state index contributed by atoms with van der Waals surface area (Å²) in [5, 5.41) is 9.39. The molecule has 0 aliphatic rings. The SMILES string of the molecule is Cc1ccc(S(=O)(=O)Cc2cc(O)ccc2N)cc1. The minimum Gasteiger partial charge on any atom is -0.508 e. The smallest absolute Gasteiger partial charge is 0.182 e. The Bertz CT molecular complexity index is 691. The van der Waals surface area contributed by atoms with Gasteiger partial charge in [0.25, 0.3) is 0 Å². The van der Waals surface area contributed by atoms with E-state index in [0.717, 1.165) is 5.56 Å². The maximum Gasteiger partial charge on any atom is 0.182 e. The zero-order valence-electron chi connectivity index (χ0n) is 10.5. The summed E-state index contributed by atoms with van der Waals surface area (Å²) < 4.78 is 24.5. The molecule has 3 N–H and O–H groups in total. The topological polar surface area (TPSA) is 80.4 Å². The lowest BCUT2D eigenvalue weighted by Gasteiger charge is -2.08. The second kappa shape index (κ2) is 4.93. The highest BCUT2D eigenvalue weighted by Gasteiger charge is 2.17. The van der Waals surface area contributed by atoms with Gasteiger partial charge < -0.3 is 10.8 Å². The van der Waals surface area contributed by atoms with Crippen LogP contribution in [0, 0.1) is 6.92 Å². The number of rotatable bonds is 3. The predicted molar refractivity (Wildman–Crippen MR) is 74.6 cm³/mol. The fourth-order valence-electron chi connectivity index (χ4n) is 1.75. The molecule has 0 saturated heterocycles. The Hall–Kier alpha value is -2.01. The van der Waals surface area contributed by atoms with Crippen LogP contribution in [0.1, 0.15) is 11.1 Å². The molecule has 0 aliphatic heterocycles. The quantitative estimate of drug-likeness (QED) is 0.666. The number of aromatic hydroxyl groups is 1. The summed E-state index contributed by atoms with van der Waals surface area (Å²) in [6, 6.07) is 10.9. The van der Waals surface area contributed by atoms with E-state index >= 15 is 0 Å². The normalized spacial score (nSPS) is 11.4. The molecule has 2 aromatic carbocycles. The lowest BCUT2D eigenvalue weighted by Crippen LogP contribution is -2.07. The van der Waals surface area contributed by atoms with E-state index in [2.05, 4.69) is 0 Å². The second-order valence-electron chi connectivity index (χ2n) is 4.46. The van der Waals surface area contributed by atoms with E-state index in [4.69, 9.17) is 5.73 Å². The summed E-state index contributed by atoms with van der Waals surface area (Å²) in [7, 11) is -3.46. The van der Waals surface area contributed by atoms with Crippen molar-refractivity contribution < 1.29 is 13.5 Å². The van der Waals surface area contributed by atoms with E-state index in [1.807, 2.05) is 6.92 Å². The van der Waals surface area contributed by atoms with Crippen LogP contribution < -0.4 is 5.73 Å². The Balaban J connectivity index is 2.36. The van der Waals surface area contributed by atoms with E-state index in [-0.39, 0.29) is 16.4 Å². The standard InChI is InChI=1S/C14H15NO3S/c1-10-2-5-13(6-3-10)19(17,18)9-11-8-12(16)4-7-14(11)15/h2-8,16H,9,15H2,1H3. The van der Waals surface area contributed by atoms with Gasteiger partial charge in [-0.2, -0.15) is 0 Å². The maximum atomic E-state index is 12.2. The fourth-order valence-corrected chi connectivity index (χ4v) is 3.13. The molecule has 5 heteroatoms. The van der Waals surface area contributed by atoms with Gasteiger partial charge in [-0.05, 0) is 42.8 Å². The van der Waals surface area contributed by atoms with Crippen molar-refractivity contribution in [3.05, 3.63) is 53.6 Å². The summed E-state index contributed by atoms with van der Waals surface area (Å²) in [6.07, 6.45) is 0. The third-order valence-electron chi connectivity index (χ3n) is 2.85. The third-order valence-corrected chi connectivity index (χ3v) is 4.53. The van der Waals surface area contributed by atoms with Crippen molar-refractivity contribution in [2.75, 3.05) is 5.73 Å². The number of nitrogens with two attached hydrogens (primary N) is 1. The molecular weight excluding hydrogens is 262 g/mol. The van der Waals surface area contributed by atoms with E-state index in [1.54, 1.807) is 24.3 Å². The Kier molecular flexibility index (Phi) is 3.48. The first-order chi connectivity index (χ1) is 8.88. The highest BCUT2D eigenvalue weighted by Crippen LogP contribution is 2.24. The Morgan fingerprint density at radius 1 is 1.11 bits per heavy atom. The molecule has 0 heterocycles. The molecule has 0 unspecified atom stereocenters. The van der Waals surface area contributed by atoms with Crippen molar-refractivity contribution in [3.63, 3.8) is 0 Å². The van der Waals surface area contributed by atoms with Gasteiger partial charge in [-0.3, -0.25) is 0 Å². The number of hydrogen-bond acceptors (Lipinski definition) is 4. The van der Waals surface area contributed by atoms with Crippen LogP contribution in [0.5, 0.6) is 5.75 Å². The number of benzene rings is 2. The number of aryl methyl sites for hydroxylation is 1. The van der Waals surface area contributed by atoms with Crippen molar-refractivity contribution in [2.45, 2.75) is 17.6 Å². The fraction of sp³-hybridized carbons (Fsp3) is 0.143. The van der Waals surface area contributed by atoms with E-state index in [1.165, 1.54) is 18.2 Å². The van der Waals surface area contributed by atoms with Crippen molar-refractivity contribution in [1.82, 2.24) is 0 Å². The first kappa shape index (κ1) is 13.4. The first-order valence-corrected chi connectivity index (χ1v) is 7.40. The lowest BCUT2D eigenvalue weighted by atomic mass is 10.2. The maximum absolute atomic E-state index is 12.2. The number of sulfone groups is 1. The van der Waals surface area contributed by atoms with E-state index < -0.39 is 9.84 Å². The van der Waals surface area contributed by atoms with Crippen molar-refractivity contribution in [3.8, 4) is 5.75 Å². The molecule has 0 bridgehead atoms. The van der Waals surface area contributed by atoms with Gasteiger partial charge in [0.05, 0.1) is 10.6 Å². The van der Waals surface area contributed by atoms with Crippen LogP contribution in [0.25, 0.3) is 0 Å². The van der Waals surface area contributed by atoms with Crippen molar-refractivity contribution in [2.24, 2.45) is 0 Å². The molecule has 4 nitrogen and oxygen atoms in total. The van der Waals surface area contributed by atoms with Crippen molar-refractivity contribution >= 4 is 15.5 Å². The molecule has 0 fully saturated rings. The zero-order valence-corrected chi connectivity index (χ0v) is 11.3. The molecule has 0 saturated carbocycles. The summed E-state index contributed by atoms with van der Waals surface area (Å²) in [5.74, 6) is -0.223. The van der Waals surface area contributed by atoms with Gasteiger partial charge in [-0.25, -0.2) is 8.42 Å². The van der Waals surface area contributed by atoms with Crippen LogP contribution in [-0.2, 0) is 15.6 Å². The van der Waals surface area contributed by atoms with Gasteiger partial charge in [0.2, 0.25) is 0 Å². The molecule has 0 aliphatic carbocycles. The van der Waals surface area contributed by atoms with Crippen molar-refractivity contribution in [1.29, 1.82) is 0 Å². The van der Waals surface area contributed by atoms with Crippen LogP contribution in [0.2, 0.25) is 0 Å². The number of nitrogen functional groups attached to an aromatic ring is 1.